The highest BCUT2D eigenvalue weighted by Crippen LogP contribution is 2.05. The number of hydrogen-bond acceptors (Lipinski definition) is 3. The maximum absolute atomic E-state index is 11.3. The van der Waals surface area contributed by atoms with E-state index in [0.29, 0.717) is 12.6 Å². The molecule has 0 unspecified atom stereocenters. The van der Waals surface area contributed by atoms with Gasteiger partial charge in [-0.1, -0.05) is 0 Å². The predicted molar refractivity (Wildman–Crippen MR) is 55.3 cm³/mol. The maximum atomic E-state index is 11.3. The zero-order valence-electron chi connectivity index (χ0n) is 9.22. The fourth-order valence-electron chi connectivity index (χ4n) is 1.42. The monoisotopic (exact) mass is 200 g/mol. The Hall–Kier alpha value is -0.770. The fourth-order valence-corrected chi connectivity index (χ4v) is 1.42. The van der Waals surface area contributed by atoms with E-state index in [1.165, 1.54) is 6.42 Å². The number of nitrogens with one attached hydrogen (secondary N) is 2. The van der Waals surface area contributed by atoms with E-state index in [0.717, 1.165) is 13.0 Å². The van der Waals surface area contributed by atoms with Gasteiger partial charge in [-0.15, -0.1) is 0 Å². The van der Waals surface area contributed by atoms with Crippen LogP contribution in [0.4, 0.5) is 4.79 Å². The van der Waals surface area contributed by atoms with Crippen molar-refractivity contribution < 1.29 is 9.53 Å². The third kappa shape index (κ3) is 4.46. The molecule has 1 amide bonds. The van der Waals surface area contributed by atoms with Gasteiger partial charge in [0.2, 0.25) is 0 Å². The zero-order valence-corrected chi connectivity index (χ0v) is 9.22. The van der Waals surface area contributed by atoms with Gasteiger partial charge in [-0.2, -0.15) is 0 Å². The Morgan fingerprint density at radius 2 is 2.29 bits per heavy atom. The minimum atomic E-state index is -0.328. The second-order valence-corrected chi connectivity index (χ2v) is 4.77. The standard InChI is InChI=1S/C10H20N2O2/c1-10(2,3)12-9(13)14-7-8-5-4-6-11-8/h8,11H,4-7H2,1-3H3,(H,12,13)/t8-/m1/s1. The normalized spacial score (nSPS) is 22.1. The van der Waals surface area contributed by atoms with E-state index in [9.17, 15) is 4.79 Å². The SMILES string of the molecule is CC(C)(C)NC(=O)OC[C@H]1CCCN1. The molecule has 14 heavy (non-hydrogen) atoms. The number of hydrogen-bond donors (Lipinski definition) is 2. The van der Waals surface area contributed by atoms with Crippen molar-refractivity contribution in [3.63, 3.8) is 0 Å². The second-order valence-electron chi connectivity index (χ2n) is 4.77. The summed E-state index contributed by atoms with van der Waals surface area (Å²) < 4.78 is 5.09. The summed E-state index contributed by atoms with van der Waals surface area (Å²) in [4.78, 5) is 11.3. The van der Waals surface area contributed by atoms with Gasteiger partial charge in [0.25, 0.3) is 0 Å². The molecular formula is C10H20N2O2. The molecule has 0 aliphatic carbocycles. The molecule has 1 heterocycles. The van der Waals surface area contributed by atoms with Gasteiger partial charge in [-0.3, -0.25) is 0 Å². The van der Waals surface area contributed by atoms with Crippen molar-refractivity contribution in [2.75, 3.05) is 13.2 Å². The van der Waals surface area contributed by atoms with Crippen molar-refractivity contribution in [2.24, 2.45) is 0 Å². The van der Waals surface area contributed by atoms with Gasteiger partial charge in [-0.05, 0) is 40.2 Å². The van der Waals surface area contributed by atoms with Gasteiger partial charge < -0.3 is 15.4 Å². The predicted octanol–water partition coefficient (Wildman–Crippen LogP) is 1.26. The summed E-state index contributed by atoms with van der Waals surface area (Å²) in [6.07, 6.45) is 1.95. The lowest BCUT2D eigenvalue weighted by Gasteiger charge is -2.20. The Morgan fingerprint density at radius 1 is 1.57 bits per heavy atom. The summed E-state index contributed by atoms with van der Waals surface area (Å²) in [5, 5.41) is 6.02. The van der Waals surface area contributed by atoms with Crippen molar-refractivity contribution in [3.05, 3.63) is 0 Å². The molecule has 1 aliphatic rings. The summed E-state index contributed by atoms with van der Waals surface area (Å²) in [7, 11) is 0. The van der Waals surface area contributed by atoms with E-state index >= 15 is 0 Å². The van der Waals surface area contributed by atoms with Gasteiger partial charge in [0, 0.05) is 11.6 Å². The highest BCUT2D eigenvalue weighted by atomic mass is 16.5. The molecule has 4 nitrogen and oxygen atoms in total. The van der Waals surface area contributed by atoms with E-state index in [-0.39, 0.29) is 11.6 Å². The first-order chi connectivity index (χ1) is 6.47. The zero-order chi connectivity index (χ0) is 10.6. The molecule has 1 fully saturated rings. The van der Waals surface area contributed by atoms with Crippen LogP contribution in [0, 0.1) is 0 Å². The minimum absolute atomic E-state index is 0.222. The highest BCUT2D eigenvalue weighted by Gasteiger charge is 2.18. The molecule has 0 radical (unpaired) electrons. The number of rotatable bonds is 2. The fraction of sp³-hybridized carbons (Fsp3) is 0.900. The first-order valence-corrected chi connectivity index (χ1v) is 5.16. The Balaban J connectivity index is 2.14. The largest absolute Gasteiger partial charge is 0.448 e. The van der Waals surface area contributed by atoms with Crippen molar-refractivity contribution in [1.29, 1.82) is 0 Å². The molecule has 4 heteroatoms. The summed E-state index contributed by atoms with van der Waals surface area (Å²) in [6, 6.07) is 0.348. The van der Waals surface area contributed by atoms with Crippen molar-refractivity contribution in [3.8, 4) is 0 Å². The maximum Gasteiger partial charge on any atom is 0.407 e. The van der Waals surface area contributed by atoms with Crippen molar-refractivity contribution in [1.82, 2.24) is 10.6 Å². The molecule has 0 bridgehead atoms. The number of carbonyl (C=O) groups excluding carboxylic acids is 1. The molecule has 0 aromatic rings. The van der Waals surface area contributed by atoms with Crippen LogP contribution in [0.1, 0.15) is 33.6 Å². The summed E-state index contributed by atoms with van der Waals surface area (Å²) in [5.41, 5.74) is -0.222. The Morgan fingerprint density at radius 3 is 2.79 bits per heavy atom. The van der Waals surface area contributed by atoms with E-state index < -0.39 is 0 Å². The molecule has 0 spiro atoms. The number of amides is 1. The Kier molecular flexibility index (Phi) is 3.75. The van der Waals surface area contributed by atoms with Crippen molar-refractivity contribution in [2.45, 2.75) is 45.2 Å². The molecule has 0 aromatic heterocycles. The van der Waals surface area contributed by atoms with E-state index in [1.807, 2.05) is 20.8 Å². The number of alkyl carbamates (subject to hydrolysis) is 1. The second kappa shape index (κ2) is 4.64. The summed E-state index contributed by atoms with van der Waals surface area (Å²) >= 11 is 0. The van der Waals surface area contributed by atoms with Crippen molar-refractivity contribution >= 4 is 6.09 Å². The third-order valence-electron chi connectivity index (χ3n) is 2.06. The molecule has 1 atom stereocenters. The molecule has 1 rings (SSSR count). The van der Waals surface area contributed by atoms with Crippen LogP contribution < -0.4 is 10.6 Å². The van der Waals surface area contributed by atoms with E-state index in [2.05, 4.69) is 10.6 Å². The van der Waals surface area contributed by atoms with Gasteiger partial charge in [0.05, 0.1) is 0 Å². The molecule has 0 saturated carbocycles. The minimum Gasteiger partial charge on any atom is -0.448 e. The van der Waals surface area contributed by atoms with Gasteiger partial charge >= 0.3 is 6.09 Å². The van der Waals surface area contributed by atoms with Gasteiger partial charge in [-0.25, -0.2) is 4.79 Å². The van der Waals surface area contributed by atoms with Crippen LogP contribution >= 0.6 is 0 Å². The van der Waals surface area contributed by atoms with Gasteiger partial charge in [0.15, 0.2) is 0 Å². The lowest BCUT2D eigenvalue weighted by Crippen LogP contribution is -2.42. The van der Waals surface area contributed by atoms with E-state index in [1.54, 1.807) is 0 Å². The molecule has 82 valence electrons. The smallest absolute Gasteiger partial charge is 0.407 e. The first kappa shape index (κ1) is 11.3. The molecule has 0 aromatic carbocycles. The van der Waals surface area contributed by atoms with Crippen LogP contribution in [-0.4, -0.2) is 30.8 Å². The van der Waals surface area contributed by atoms with Crippen LogP contribution in [0.3, 0.4) is 0 Å². The van der Waals surface area contributed by atoms with Crippen LogP contribution in [-0.2, 0) is 4.74 Å². The molecule has 1 saturated heterocycles. The lowest BCUT2D eigenvalue weighted by atomic mass is 10.1. The van der Waals surface area contributed by atoms with E-state index in [4.69, 9.17) is 4.74 Å². The number of ether oxygens (including phenoxy) is 1. The van der Waals surface area contributed by atoms with Crippen LogP contribution in [0.15, 0.2) is 0 Å². The number of carbonyl (C=O) groups is 1. The van der Waals surface area contributed by atoms with Crippen LogP contribution in [0.2, 0.25) is 0 Å². The summed E-state index contributed by atoms with van der Waals surface area (Å²) in [6.45, 7) is 7.31. The average Bonchev–Trinajstić information content (AvgIpc) is 2.49. The van der Waals surface area contributed by atoms with Crippen LogP contribution in [0.25, 0.3) is 0 Å². The first-order valence-electron chi connectivity index (χ1n) is 5.16. The lowest BCUT2D eigenvalue weighted by molar-refractivity contribution is 0.128. The molecule has 1 aliphatic heterocycles. The van der Waals surface area contributed by atoms with Crippen LogP contribution in [0.5, 0.6) is 0 Å². The Labute approximate surface area is 85.4 Å². The Bertz CT molecular complexity index is 193. The molecule has 2 N–H and O–H groups in total. The average molecular weight is 200 g/mol. The highest BCUT2D eigenvalue weighted by molar-refractivity contribution is 5.68. The quantitative estimate of drug-likeness (QED) is 0.705. The third-order valence-corrected chi connectivity index (χ3v) is 2.06. The summed E-state index contributed by atoms with van der Waals surface area (Å²) in [5.74, 6) is 0. The molecular weight excluding hydrogens is 180 g/mol. The topological polar surface area (TPSA) is 50.4 Å². The van der Waals surface area contributed by atoms with Gasteiger partial charge in [0.1, 0.15) is 6.61 Å².